The Morgan fingerprint density at radius 1 is 0.537 bits per heavy atom. The van der Waals surface area contributed by atoms with E-state index in [4.69, 9.17) is 23.7 Å². The lowest BCUT2D eigenvalue weighted by atomic mass is 9.97. The first-order valence-corrected chi connectivity index (χ1v) is 13.7. The van der Waals surface area contributed by atoms with Gasteiger partial charge in [0.1, 0.15) is 24.9 Å². The van der Waals surface area contributed by atoms with E-state index in [2.05, 4.69) is 0 Å². The number of aliphatic hydroxyl groups excluding tert-OH is 1. The summed E-state index contributed by atoms with van der Waals surface area (Å²) >= 11 is 0. The van der Waals surface area contributed by atoms with Gasteiger partial charge in [-0.2, -0.15) is 0 Å². The van der Waals surface area contributed by atoms with Crippen molar-refractivity contribution < 1.29 is 33.6 Å². The highest BCUT2D eigenvalue weighted by atomic mass is 16.7. The summed E-state index contributed by atoms with van der Waals surface area (Å²) in [7, 11) is 0. The van der Waals surface area contributed by atoms with Gasteiger partial charge in [-0.3, -0.25) is 0 Å². The predicted molar refractivity (Wildman–Crippen MR) is 152 cm³/mol. The van der Waals surface area contributed by atoms with Crippen molar-refractivity contribution in [1.82, 2.24) is 0 Å². The third-order valence-corrected chi connectivity index (χ3v) is 6.83. The monoisotopic (exact) mass is 554 g/mol. The van der Waals surface area contributed by atoms with Crippen LogP contribution in [-0.4, -0.2) is 41.8 Å². The lowest BCUT2D eigenvalue weighted by Gasteiger charge is -2.43. The number of hydrogen-bond donors (Lipinski definition) is 1. The molecule has 1 heterocycles. The number of carbonyl (C=O) groups is 1. The highest BCUT2D eigenvalue weighted by molar-refractivity contribution is 5.76. The fourth-order valence-corrected chi connectivity index (χ4v) is 4.68. The van der Waals surface area contributed by atoms with Crippen LogP contribution in [0.15, 0.2) is 121 Å². The van der Waals surface area contributed by atoms with Crippen molar-refractivity contribution in [2.24, 2.45) is 0 Å². The fourth-order valence-electron chi connectivity index (χ4n) is 4.68. The van der Waals surface area contributed by atoms with Crippen LogP contribution in [0.5, 0.6) is 0 Å². The molecule has 7 heteroatoms. The van der Waals surface area contributed by atoms with Gasteiger partial charge in [0.15, 0.2) is 12.4 Å². The Morgan fingerprint density at radius 2 is 0.902 bits per heavy atom. The Balaban J connectivity index is 1.40. The quantitative estimate of drug-likeness (QED) is 0.241. The SMILES string of the molecule is O=C(OCc1ccccc1)[C@H]1OC(O)[C@H](OCc2ccccc2)[C@@H](OCc2ccccc2)[C@@H]1OCc1ccccc1. The van der Waals surface area contributed by atoms with Crippen LogP contribution in [0.25, 0.3) is 0 Å². The standard InChI is InChI=1S/C34H34O7/c35-33(40-24-28-19-11-4-12-20-28)32-30(38-22-26-15-7-2-8-16-26)29(37-21-25-13-5-1-6-14-25)31(34(36)41-32)39-23-27-17-9-3-10-18-27/h1-20,29-32,34,36H,21-24H2/t29-,30-,31+,32-,34?/m0/s1. The van der Waals surface area contributed by atoms with E-state index in [0.29, 0.717) is 0 Å². The van der Waals surface area contributed by atoms with Crippen LogP contribution < -0.4 is 0 Å². The smallest absolute Gasteiger partial charge is 0.338 e. The largest absolute Gasteiger partial charge is 0.459 e. The van der Waals surface area contributed by atoms with Gasteiger partial charge in [-0.1, -0.05) is 121 Å². The molecule has 41 heavy (non-hydrogen) atoms. The van der Waals surface area contributed by atoms with E-state index in [9.17, 15) is 9.90 Å². The Bertz CT molecular complexity index is 1320. The molecule has 1 fully saturated rings. The number of rotatable bonds is 12. The van der Waals surface area contributed by atoms with Crippen LogP contribution in [-0.2, 0) is 54.9 Å². The summed E-state index contributed by atoms with van der Waals surface area (Å²) in [6.45, 7) is 0.695. The summed E-state index contributed by atoms with van der Waals surface area (Å²) in [5, 5.41) is 11.1. The molecular weight excluding hydrogens is 520 g/mol. The molecule has 0 amide bonds. The van der Waals surface area contributed by atoms with Crippen molar-refractivity contribution in [2.45, 2.75) is 57.1 Å². The molecule has 0 spiro atoms. The van der Waals surface area contributed by atoms with E-state index in [0.717, 1.165) is 22.3 Å². The Kier molecular flexibility index (Phi) is 10.3. The summed E-state index contributed by atoms with van der Waals surface area (Å²) in [5.74, 6) is -0.652. The zero-order valence-corrected chi connectivity index (χ0v) is 22.7. The first kappa shape index (κ1) is 28.7. The molecule has 5 rings (SSSR count). The summed E-state index contributed by atoms with van der Waals surface area (Å²) in [5.41, 5.74) is 3.60. The molecule has 4 aromatic carbocycles. The minimum Gasteiger partial charge on any atom is -0.459 e. The van der Waals surface area contributed by atoms with Gasteiger partial charge in [-0.25, -0.2) is 4.79 Å². The maximum Gasteiger partial charge on any atom is 0.338 e. The molecule has 0 aromatic heterocycles. The van der Waals surface area contributed by atoms with Gasteiger partial charge in [0.2, 0.25) is 0 Å². The summed E-state index contributed by atoms with van der Waals surface area (Å²) < 4.78 is 30.4. The van der Waals surface area contributed by atoms with E-state index in [1.807, 2.05) is 121 Å². The molecule has 1 N–H and O–H groups in total. The second-order valence-electron chi connectivity index (χ2n) is 9.82. The van der Waals surface area contributed by atoms with E-state index in [-0.39, 0.29) is 26.4 Å². The van der Waals surface area contributed by atoms with Crippen LogP contribution in [0.2, 0.25) is 0 Å². The van der Waals surface area contributed by atoms with Gasteiger partial charge < -0.3 is 28.8 Å². The minimum atomic E-state index is -1.45. The van der Waals surface area contributed by atoms with Crippen molar-refractivity contribution >= 4 is 5.97 Å². The van der Waals surface area contributed by atoms with Crippen molar-refractivity contribution in [3.8, 4) is 0 Å². The molecule has 7 nitrogen and oxygen atoms in total. The first-order valence-electron chi connectivity index (χ1n) is 13.7. The zero-order chi connectivity index (χ0) is 28.3. The molecule has 0 aliphatic carbocycles. The highest BCUT2D eigenvalue weighted by Crippen LogP contribution is 2.30. The third-order valence-electron chi connectivity index (χ3n) is 6.83. The Labute approximate surface area is 240 Å². The van der Waals surface area contributed by atoms with Crippen LogP contribution >= 0.6 is 0 Å². The van der Waals surface area contributed by atoms with E-state index >= 15 is 0 Å². The van der Waals surface area contributed by atoms with Crippen molar-refractivity contribution in [2.75, 3.05) is 0 Å². The number of esters is 1. The topological polar surface area (TPSA) is 83.5 Å². The van der Waals surface area contributed by atoms with E-state index in [1.54, 1.807) is 0 Å². The Hall–Kier alpha value is -3.85. The molecule has 0 bridgehead atoms. The molecule has 1 unspecified atom stereocenters. The lowest BCUT2D eigenvalue weighted by Crippen LogP contribution is -2.62. The van der Waals surface area contributed by atoms with Crippen molar-refractivity contribution in [3.63, 3.8) is 0 Å². The first-order chi connectivity index (χ1) is 20.2. The number of hydrogen-bond acceptors (Lipinski definition) is 7. The molecule has 1 saturated heterocycles. The van der Waals surface area contributed by atoms with Crippen molar-refractivity contribution in [1.29, 1.82) is 0 Å². The number of benzene rings is 4. The van der Waals surface area contributed by atoms with Crippen LogP contribution in [0.4, 0.5) is 0 Å². The summed E-state index contributed by atoms with van der Waals surface area (Å²) in [6, 6.07) is 38.3. The van der Waals surface area contributed by atoms with Gasteiger partial charge in [-0.05, 0) is 22.3 Å². The molecule has 4 aromatic rings. The van der Waals surface area contributed by atoms with Crippen molar-refractivity contribution in [3.05, 3.63) is 144 Å². The average molecular weight is 555 g/mol. The van der Waals surface area contributed by atoms with Crippen LogP contribution in [0.3, 0.4) is 0 Å². The van der Waals surface area contributed by atoms with Gasteiger partial charge >= 0.3 is 5.97 Å². The Morgan fingerprint density at radius 3 is 1.34 bits per heavy atom. The van der Waals surface area contributed by atoms with Gasteiger partial charge in [0.05, 0.1) is 19.8 Å². The molecule has 0 saturated carbocycles. The molecule has 1 aliphatic rings. The second kappa shape index (κ2) is 14.7. The van der Waals surface area contributed by atoms with Gasteiger partial charge in [-0.15, -0.1) is 0 Å². The van der Waals surface area contributed by atoms with Gasteiger partial charge in [0, 0.05) is 0 Å². The van der Waals surface area contributed by atoms with E-state index < -0.39 is 36.7 Å². The third kappa shape index (κ3) is 8.10. The molecule has 5 atom stereocenters. The lowest BCUT2D eigenvalue weighted by molar-refractivity contribution is -0.309. The second-order valence-corrected chi connectivity index (χ2v) is 9.82. The molecule has 0 radical (unpaired) electrons. The van der Waals surface area contributed by atoms with Crippen LogP contribution in [0.1, 0.15) is 22.3 Å². The van der Waals surface area contributed by atoms with E-state index in [1.165, 1.54) is 0 Å². The number of carbonyl (C=O) groups excluding carboxylic acids is 1. The predicted octanol–water partition coefficient (Wildman–Crippen LogP) is 5.20. The molecular formula is C34H34O7. The summed E-state index contributed by atoms with van der Waals surface area (Å²) in [4.78, 5) is 13.4. The average Bonchev–Trinajstić information content (AvgIpc) is 3.03. The molecule has 212 valence electrons. The minimum absolute atomic E-state index is 0.0600. The number of ether oxygens (including phenoxy) is 5. The molecule has 1 aliphatic heterocycles. The zero-order valence-electron chi connectivity index (χ0n) is 22.7. The maximum absolute atomic E-state index is 13.4. The number of aliphatic hydroxyl groups is 1. The van der Waals surface area contributed by atoms with Gasteiger partial charge in [0.25, 0.3) is 0 Å². The van der Waals surface area contributed by atoms with Crippen LogP contribution in [0, 0.1) is 0 Å². The maximum atomic E-state index is 13.4. The highest BCUT2D eigenvalue weighted by Gasteiger charge is 2.51. The fraction of sp³-hybridized carbons (Fsp3) is 0.265. The summed E-state index contributed by atoms with van der Waals surface area (Å²) in [6.07, 6.45) is -5.40. The normalized spacial score (nSPS) is 22.2.